The maximum absolute atomic E-state index is 15.0. The first kappa shape index (κ1) is 30.6. The van der Waals surface area contributed by atoms with Gasteiger partial charge in [-0.3, -0.25) is 0 Å². The van der Waals surface area contributed by atoms with Crippen molar-refractivity contribution in [3.63, 3.8) is 0 Å². The average Bonchev–Trinajstić information content (AvgIpc) is 3.42. The molecule has 2 aromatic heterocycles. The first-order chi connectivity index (χ1) is 20.0. The zero-order valence-electron chi connectivity index (χ0n) is 22.5. The second-order valence-corrected chi connectivity index (χ2v) is 9.14. The number of nitrogens with zero attached hydrogens (tertiary/aromatic N) is 4. The van der Waals surface area contributed by atoms with Crippen LogP contribution in [0.25, 0.3) is 22.7 Å². The normalized spacial score (nSPS) is 18.7. The fraction of sp³-hybridized carbons (Fsp3) is 0.423. The van der Waals surface area contributed by atoms with Gasteiger partial charge in [-0.1, -0.05) is 5.16 Å². The summed E-state index contributed by atoms with van der Waals surface area (Å²) in [5.41, 5.74) is -1.17. The van der Waals surface area contributed by atoms with Crippen LogP contribution in [0.2, 0.25) is 0 Å². The molecule has 0 bridgehead atoms. The lowest BCUT2D eigenvalue weighted by atomic mass is 9.84. The maximum atomic E-state index is 15.0. The lowest BCUT2D eigenvalue weighted by Crippen LogP contribution is -2.48. The number of aliphatic imine (C=N–C) groups is 1. The van der Waals surface area contributed by atoms with Gasteiger partial charge in [0.05, 0.1) is 37.8 Å². The highest BCUT2D eigenvalue weighted by atomic mass is 19.4. The third-order valence-corrected chi connectivity index (χ3v) is 6.05. The number of benzene rings is 1. The molecule has 226 valence electrons. The Labute approximate surface area is 236 Å². The molecule has 0 aliphatic carbocycles. The number of ether oxygens (including phenoxy) is 4. The zero-order chi connectivity index (χ0) is 30.3. The van der Waals surface area contributed by atoms with Crippen molar-refractivity contribution >= 4 is 12.1 Å². The number of aromatic nitrogens is 3. The number of hydrogen-bond donors (Lipinski definition) is 2. The first-order valence-corrected chi connectivity index (χ1v) is 12.7. The summed E-state index contributed by atoms with van der Waals surface area (Å²) < 4.78 is 81.8. The predicted molar refractivity (Wildman–Crippen MR) is 137 cm³/mol. The summed E-state index contributed by atoms with van der Waals surface area (Å²) in [7, 11) is 0. The number of halogens is 4. The van der Waals surface area contributed by atoms with Gasteiger partial charge in [0, 0.05) is 30.2 Å². The van der Waals surface area contributed by atoms with Crippen LogP contribution in [0.5, 0.6) is 5.88 Å². The molecule has 3 aromatic rings. The molecule has 42 heavy (non-hydrogen) atoms. The van der Waals surface area contributed by atoms with E-state index in [-0.39, 0.29) is 35.1 Å². The van der Waals surface area contributed by atoms with Crippen LogP contribution in [0.15, 0.2) is 46.2 Å². The van der Waals surface area contributed by atoms with Gasteiger partial charge in [0.2, 0.25) is 5.88 Å². The van der Waals surface area contributed by atoms with E-state index >= 15 is 0 Å². The molecule has 2 atom stereocenters. The van der Waals surface area contributed by atoms with Crippen molar-refractivity contribution in [2.24, 2.45) is 4.99 Å². The van der Waals surface area contributed by atoms with Crippen LogP contribution in [-0.4, -0.2) is 77.7 Å². The highest BCUT2D eigenvalue weighted by Crippen LogP contribution is 2.42. The fourth-order valence-electron chi connectivity index (χ4n) is 4.05. The predicted octanol–water partition coefficient (Wildman–Crippen LogP) is 4.56. The van der Waals surface area contributed by atoms with E-state index in [9.17, 15) is 22.4 Å². The van der Waals surface area contributed by atoms with Gasteiger partial charge in [0.25, 0.3) is 6.02 Å². The van der Waals surface area contributed by atoms with Crippen molar-refractivity contribution in [1.82, 2.24) is 20.4 Å². The van der Waals surface area contributed by atoms with Crippen LogP contribution in [0.3, 0.4) is 0 Å². The number of amidine groups is 1. The molecule has 1 aromatic carbocycles. The minimum Gasteiger partial charge on any atom is -0.474 e. The van der Waals surface area contributed by atoms with Gasteiger partial charge in [-0.25, -0.2) is 29.5 Å². The molecule has 0 fully saturated rings. The van der Waals surface area contributed by atoms with Gasteiger partial charge in [0.1, 0.15) is 23.8 Å². The van der Waals surface area contributed by atoms with E-state index < -0.39 is 42.2 Å². The number of rotatable bonds is 11. The van der Waals surface area contributed by atoms with E-state index in [2.05, 4.69) is 24.9 Å². The summed E-state index contributed by atoms with van der Waals surface area (Å²) in [5, 5.41) is 14.6. The van der Waals surface area contributed by atoms with Gasteiger partial charge < -0.3 is 28.6 Å². The van der Waals surface area contributed by atoms with Gasteiger partial charge in [-0.15, -0.1) is 0 Å². The average molecular weight is 598 g/mol. The second kappa shape index (κ2) is 13.1. The Morgan fingerprint density at radius 3 is 2.57 bits per heavy atom. The van der Waals surface area contributed by atoms with Gasteiger partial charge in [0.15, 0.2) is 11.9 Å². The summed E-state index contributed by atoms with van der Waals surface area (Å²) in [5.74, 6) is -0.435. The van der Waals surface area contributed by atoms with E-state index in [1.165, 1.54) is 37.5 Å². The summed E-state index contributed by atoms with van der Waals surface area (Å²) >= 11 is 0. The molecule has 16 heteroatoms. The lowest BCUT2D eigenvalue weighted by Gasteiger charge is -2.36. The molecule has 0 saturated carbocycles. The topological polar surface area (TPSA) is 150 Å². The Balaban J connectivity index is 1.50. The number of carbonyl (C=O) groups is 1. The SMILES string of the molecule is CCOCCOCCOc1cnc(-c2cc(-c3ccc(F)c([C@]4(C)C[C@@H](C(F)(F)F)OC(NC(=O)O)=N4)c3)on2)cn1. The Kier molecular flexibility index (Phi) is 9.57. The van der Waals surface area contributed by atoms with Crippen LogP contribution in [-0.2, 0) is 19.7 Å². The van der Waals surface area contributed by atoms with Crippen molar-refractivity contribution in [1.29, 1.82) is 0 Å². The summed E-state index contributed by atoms with van der Waals surface area (Å²) in [6.45, 7) is 5.30. The van der Waals surface area contributed by atoms with Crippen molar-refractivity contribution < 1.29 is 50.9 Å². The number of carboxylic acid groups (broad SMARTS) is 1. The quantitative estimate of drug-likeness (QED) is 0.238. The monoisotopic (exact) mass is 597 g/mol. The largest absolute Gasteiger partial charge is 0.474 e. The smallest absolute Gasteiger partial charge is 0.425 e. The third kappa shape index (κ3) is 7.70. The maximum Gasteiger partial charge on any atom is 0.425 e. The molecule has 0 unspecified atom stereocenters. The van der Waals surface area contributed by atoms with Crippen LogP contribution in [0.1, 0.15) is 25.8 Å². The van der Waals surface area contributed by atoms with Crippen molar-refractivity contribution in [2.75, 3.05) is 33.0 Å². The number of hydrogen-bond acceptors (Lipinski definition) is 10. The first-order valence-electron chi connectivity index (χ1n) is 12.7. The Morgan fingerprint density at radius 1 is 1.12 bits per heavy atom. The van der Waals surface area contributed by atoms with E-state index in [0.29, 0.717) is 32.1 Å². The molecule has 12 nitrogen and oxygen atoms in total. The molecular weight excluding hydrogens is 570 g/mol. The Morgan fingerprint density at radius 2 is 1.88 bits per heavy atom. The van der Waals surface area contributed by atoms with Crippen LogP contribution >= 0.6 is 0 Å². The zero-order valence-corrected chi connectivity index (χ0v) is 22.5. The van der Waals surface area contributed by atoms with Crippen molar-refractivity contribution in [3.05, 3.63) is 48.0 Å². The molecule has 3 heterocycles. The number of alkyl halides is 3. The van der Waals surface area contributed by atoms with Gasteiger partial charge >= 0.3 is 12.3 Å². The molecule has 4 rings (SSSR count). The van der Waals surface area contributed by atoms with Crippen LogP contribution < -0.4 is 10.1 Å². The van der Waals surface area contributed by atoms with Gasteiger partial charge in [-0.05, 0) is 32.0 Å². The molecule has 1 amide bonds. The highest BCUT2D eigenvalue weighted by molar-refractivity contribution is 5.90. The second-order valence-electron chi connectivity index (χ2n) is 9.14. The van der Waals surface area contributed by atoms with E-state index in [0.717, 1.165) is 6.07 Å². The minimum atomic E-state index is -4.87. The minimum absolute atomic E-state index is 0.161. The summed E-state index contributed by atoms with van der Waals surface area (Å²) in [6, 6.07) is 4.26. The summed E-state index contributed by atoms with van der Waals surface area (Å²) in [6.07, 6.45) is -6.98. The van der Waals surface area contributed by atoms with Gasteiger partial charge in [-0.2, -0.15) is 13.2 Å². The molecule has 0 spiro atoms. The number of amides is 1. The summed E-state index contributed by atoms with van der Waals surface area (Å²) in [4.78, 5) is 23.4. The molecule has 1 aliphatic rings. The van der Waals surface area contributed by atoms with Crippen LogP contribution in [0, 0.1) is 5.82 Å². The molecule has 1 aliphatic heterocycles. The molecular formula is C26H27F4N5O7. The third-order valence-electron chi connectivity index (χ3n) is 6.05. The van der Waals surface area contributed by atoms with E-state index in [1.807, 2.05) is 6.92 Å². The van der Waals surface area contributed by atoms with Crippen molar-refractivity contribution in [3.8, 4) is 28.6 Å². The Hall–Kier alpha value is -4.31. The molecule has 0 radical (unpaired) electrons. The molecule has 2 N–H and O–H groups in total. The molecule has 0 saturated heterocycles. The fourth-order valence-corrected chi connectivity index (χ4v) is 4.05. The highest BCUT2D eigenvalue weighted by Gasteiger charge is 2.50. The lowest BCUT2D eigenvalue weighted by molar-refractivity contribution is -0.208. The van der Waals surface area contributed by atoms with Crippen molar-refractivity contribution in [2.45, 2.75) is 38.1 Å². The standard InChI is InChI=1S/C26H27F4N5O7/c1-3-38-6-7-39-8-9-40-22-14-31-19(13-32-22)18-11-20(42-35-18)15-4-5-17(27)16(10-15)25(2)12-21(26(28,29)30)41-23(34-25)33-24(36)37/h4-5,10-11,13-14,21H,3,6-9,12H2,1-2H3,(H,33,34)(H,36,37)/t21-,25-/m0/s1. The van der Waals surface area contributed by atoms with E-state index in [1.54, 1.807) is 5.32 Å². The Bertz CT molecular complexity index is 1400. The van der Waals surface area contributed by atoms with E-state index in [4.69, 9.17) is 23.8 Å². The number of nitrogens with one attached hydrogen (secondary N) is 1. The van der Waals surface area contributed by atoms with Crippen LogP contribution in [0.4, 0.5) is 22.4 Å².